The number of amides is 1. The van der Waals surface area contributed by atoms with Crippen molar-refractivity contribution in [3.05, 3.63) is 59.4 Å². The Bertz CT molecular complexity index is 735. The van der Waals surface area contributed by atoms with E-state index in [2.05, 4.69) is 22.1 Å². The molecule has 1 amide bonds. The van der Waals surface area contributed by atoms with Crippen LogP contribution in [-0.2, 0) is 0 Å². The first-order valence-electron chi connectivity index (χ1n) is 6.01. The third-order valence-corrected chi connectivity index (χ3v) is 2.57. The molecule has 106 valence electrons. The highest BCUT2D eigenvalue weighted by atomic mass is 19.2. The summed E-state index contributed by atoms with van der Waals surface area (Å²) in [5.41, 5.74) is 6.11. The van der Waals surface area contributed by atoms with Crippen LogP contribution in [0.2, 0.25) is 0 Å². The molecule has 1 heterocycles. The molecule has 21 heavy (non-hydrogen) atoms. The molecule has 2 rings (SSSR count). The second-order valence-corrected chi connectivity index (χ2v) is 4.01. The third-order valence-electron chi connectivity index (χ3n) is 2.57. The molecular formula is C15H11F2N3O. The fraction of sp³-hybridized carbons (Fsp3) is 0.0667. The van der Waals surface area contributed by atoms with Gasteiger partial charge in [0.1, 0.15) is 0 Å². The van der Waals surface area contributed by atoms with Gasteiger partial charge >= 0.3 is 0 Å². The number of nitrogens with two attached hydrogens (primary N) is 1. The average molecular weight is 287 g/mol. The third kappa shape index (κ3) is 3.61. The molecule has 0 aliphatic rings. The molecule has 3 N–H and O–H groups in total. The minimum absolute atomic E-state index is 0.147. The Labute approximate surface area is 120 Å². The monoisotopic (exact) mass is 287 g/mol. The van der Waals surface area contributed by atoms with Gasteiger partial charge in [-0.2, -0.15) is 0 Å². The van der Waals surface area contributed by atoms with Crippen LogP contribution in [0.1, 0.15) is 15.9 Å². The van der Waals surface area contributed by atoms with Crippen molar-refractivity contribution in [1.29, 1.82) is 0 Å². The summed E-state index contributed by atoms with van der Waals surface area (Å²) in [6, 6.07) is 4.59. The lowest BCUT2D eigenvalue weighted by Crippen LogP contribution is -2.14. The minimum atomic E-state index is -1.04. The smallest absolute Gasteiger partial charge is 0.257 e. The van der Waals surface area contributed by atoms with Gasteiger partial charge in [0, 0.05) is 24.1 Å². The molecule has 0 atom stereocenters. The van der Waals surface area contributed by atoms with E-state index in [1.165, 1.54) is 24.5 Å². The minimum Gasteiger partial charge on any atom is -0.322 e. The Morgan fingerprint density at radius 1 is 1.29 bits per heavy atom. The first kappa shape index (κ1) is 14.6. The van der Waals surface area contributed by atoms with Gasteiger partial charge in [0.25, 0.3) is 5.91 Å². The Hall–Kier alpha value is -2.78. The molecule has 0 bridgehead atoms. The molecule has 0 aliphatic heterocycles. The second kappa shape index (κ2) is 6.59. The summed E-state index contributed by atoms with van der Waals surface area (Å²) in [6.45, 7) is 0.152. The first-order chi connectivity index (χ1) is 10.1. The van der Waals surface area contributed by atoms with Gasteiger partial charge < -0.3 is 11.1 Å². The van der Waals surface area contributed by atoms with E-state index in [0.717, 1.165) is 12.1 Å². The van der Waals surface area contributed by atoms with Crippen molar-refractivity contribution in [3.8, 4) is 11.8 Å². The van der Waals surface area contributed by atoms with Crippen LogP contribution in [-0.4, -0.2) is 17.4 Å². The molecule has 0 fully saturated rings. The number of hydrogen-bond acceptors (Lipinski definition) is 3. The predicted molar refractivity (Wildman–Crippen MR) is 74.5 cm³/mol. The summed E-state index contributed by atoms with van der Waals surface area (Å²) in [6.07, 6.45) is 2.87. The lowest BCUT2D eigenvalue weighted by molar-refractivity contribution is 0.102. The Morgan fingerprint density at radius 2 is 2.10 bits per heavy atom. The van der Waals surface area contributed by atoms with Crippen LogP contribution in [0.15, 0.2) is 36.7 Å². The van der Waals surface area contributed by atoms with Gasteiger partial charge in [0.15, 0.2) is 11.6 Å². The van der Waals surface area contributed by atoms with E-state index in [0.29, 0.717) is 5.56 Å². The van der Waals surface area contributed by atoms with Crippen LogP contribution < -0.4 is 11.1 Å². The van der Waals surface area contributed by atoms with Crippen LogP contribution in [0.25, 0.3) is 0 Å². The molecule has 0 unspecified atom stereocenters. The van der Waals surface area contributed by atoms with Crippen LogP contribution in [0.4, 0.5) is 14.5 Å². The van der Waals surface area contributed by atoms with Gasteiger partial charge in [-0.15, -0.1) is 0 Å². The predicted octanol–water partition coefficient (Wildman–Crippen LogP) is 1.92. The summed E-state index contributed by atoms with van der Waals surface area (Å²) in [5.74, 6) is 2.84. The van der Waals surface area contributed by atoms with Gasteiger partial charge in [-0.1, -0.05) is 11.8 Å². The number of rotatable bonds is 2. The number of hydrogen-bond donors (Lipinski definition) is 2. The molecule has 4 nitrogen and oxygen atoms in total. The highest BCUT2D eigenvalue weighted by Gasteiger charge is 2.11. The van der Waals surface area contributed by atoms with E-state index >= 15 is 0 Å². The summed E-state index contributed by atoms with van der Waals surface area (Å²) < 4.78 is 25.9. The van der Waals surface area contributed by atoms with E-state index in [4.69, 9.17) is 5.73 Å². The van der Waals surface area contributed by atoms with E-state index in [1.807, 2.05) is 0 Å². The molecule has 1 aromatic heterocycles. The number of anilines is 1. The SMILES string of the molecule is NCC#Cc1cnccc1C(=O)Nc1ccc(F)c(F)c1. The molecule has 1 aromatic carbocycles. The normalized spacial score (nSPS) is 9.67. The molecule has 0 saturated carbocycles. The van der Waals surface area contributed by atoms with E-state index < -0.39 is 17.5 Å². The largest absolute Gasteiger partial charge is 0.322 e. The zero-order valence-electron chi connectivity index (χ0n) is 10.9. The summed E-state index contributed by atoms with van der Waals surface area (Å²) in [5, 5.41) is 2.47. The number of nitrogens with one attached hydrogen (secondary N) is 1. The molecular weight excluding hydrogens is 276 g/mol. The van der Waals surface area contributed by atoms with Crippen molar-refractivity contribution >= 4 is 11.6 Å². The van der Waals surface area contributed by atoms with Crippen molar-refractivity contribution in [2.45, 2.75) is 0 Å². The fourth-order valence-electron chi connectivity index (χ4n) is 1.61. The van der Waals surface area contributed by atoms with Crippen molar-refractivity contribution in [2.75, 3.05) is 11.9 Å². The first-order valence-corrected chi connectivity index (χ1v) is 6.01. The van der Waals surface area contributed by atoms with E-state index in [-0.39, 0.29) is 17.8 Å². The molecule has 0 aliphatic carbocycles. The molecule has 0 spiro atoms. The van der Waals surface area contributed by atoms with Gasteiger partial charge in [-0.05, 0) is 18.2 Å². The Balaban J connectivity index is 2.26. The topological polar surface area (TPSA) is 68.0 Å². The average Bonchev–Trinajstić information content (AvgIpc) is 2.49. The van der Waals surface area contributed by atoms with Gasteiger partial charge in [0.2, 0.25) is 0 Å². The maximum atomic E-state index is 13.1. The zero-order chi connectivity index (χ0) is 15.2. The van der Waals surface area contributed by atoms with E-state index in [1.54, 1.807) is 0 Å². The molecule has 6 heteroatoms. The number of pyridine rings is 1. The highest BCUT2D eigenvalue weighted by molar-refractivity contribution is 6.05. The van der Waals surface area contributed by atoms with Crippen molar-refractivity contribution in [3.63, 3.8) is 0 Å². The fourth-order valence-corrected chi connectivity index (χ4v) is 1.61. The highest BCUT2D eigenvalue weighted by Crippen LogP contribution is 2.15. The molecule has 2 aromatic rings. The summed E-state index contributed by atoms with van der Waals surface area (Å²) in [7, 11) is 0. The summed E-state index contributed by atoms with van der Waals surface area (Å²) >= 11 is 0. The number of aromatic nitrogens is 1. The van der Waals surface area contributed by atoms with Crippen LogP contribution in [0, 0.1) is 23.5 Å². The Morgan fingerprint density at radius 3 is 2.81 bits per heavy atom. The maximum absolute atomic E-state index is 13.1. The van der Waals surface area contributed by atoms with Crippen molar-refractivity contribution < 1.29 is 13.6 Å². The standard InChI is InChI=1S/C15H11F2N3O/c16-13-4-3-11(8-14(13)17)20-15(21)12-5-7-19-9-10(12)2-1-6-18/h3-5,7-9H,6,18H2,(H,20,21). The van der Waals surface area contributed by atoms with Crippen molar-refractivity contribution in [1.82, 2.24) is 4.98 Å². The molecule has 0 radical (unpaired) electrons. The van der Waals surface area contributed by atoms with Gasteiger partial charge in [-0.3, -0.25) is 9.78 Å². The van der Waals surface area contributed by atoms with Gasteiger partial charge in [0.05, 0.1) is 17.7 Å². The van der Waals surface area contributed by atoms with Gasteiger partial charge in [-0.25, -0.2) is 8.78 Å². The van der Waals surface area contributed by atoms with Crippen LogP contribution in [0.3, 0.4) is 0 Å². The van der Waals surface area contributed by atoms with Crippen LogP contribution >= 0.6 is 0 Å². The number of carbonyl (C=O) groups is 1. The number of carbonyl (C=O) groups excluding carboxylic acids is 1. The number of benzene rings is 1. The zero-order valence-corrected chi connectivity index (χ0v) is 10.9. The molecule has 0 saturated heterocycles. The maximum Gasteiger partial charge on any atom is 0.257 e. The quantitative estimate of drug-likeness (QED) is 0.829. The second-order valence-electron chi connectivity index (χ2n) is 4.01. The van der Waals surface area contributed by atoms with Crippen LogP contribution in [0.5, 0.6) is 0 Å². The number of nitrogens with zero attached hydrogens (tertiary/aromatic N) is 1. The number of halogens is 2. The summed E-state index contributed by atoms with van der Waals surface area (Å²) in [4.78, 5) is 16.0. The lowest BCUT2D eigenvalue weighted by atomic mass is 10.1. The lowest BCUT2D eigenvalue weighted by Gasteiger charge is -2.07. The van der Waals surface area contributed by atoms with Crippen molar-refractivity contribution in [2.24, 2.45) is 5.73 Å². The Kier molecular flexibility index (Phi) is 4.59. The van der Waals surface area contributed by atoms with E-state index in [9.17, 15) is 13.6 Å².